The van der Waals surface area contributed by atoms with Gasteiger partial charge >= 0.3 is 0 Å². The second-order valence-electron chi connectivity index (χ2n) is 4.33. The van der Waals surface area contributed by atoms with E-state index in [2.05, 4.69) is 24.1 Å². The number of phenolic OH excluding ortho intramolecular Hbond substituents is 1. The van der Waals surface area contributed by atoms with Crippen molar-refractivity contribution in [2.24, 2.45) is 0 Å². The summed E-state index contributed by atoms with van der Waals surface area (Å²) in [6, 6.07) is 8.46. The minimum atomic E-state index is 0.339. The van der Waals surface area contributed by atoms with E-state index in [9.17, 15) is 5.11 Å². The summed E-state index contributed by atoms with van der Waals surface area (Å²) in [5, 5.41) is 12.9. The Morgan fingerprint density at radius 2 is 2.20 bits per heavy atom. The van der Waals surface area contributed by atoms with Gasteiger partial charge < -0.3 is 15.3 Å². The number of benzene rings is 1. The van der Waals surface area contributed by atoms with Crippen molar-refractivity contribution in [1.29, 1.82) is 0 Å². The third kappa shape index (κ3) is 2.23. The lowest BCUT2D eigenvalue weighted by atomic mass is 10.1. The molecular weight excluding hydrogens is 188 g/mol. The van der Waals surface area contributed by atoms with E-state index in [1.807, 2.05) is 18.2 Å². The molecule has 3 nitrogen and oxygen atoms in total. The molecule has 2 N–H and O–H groups in total. The van der Waals surface area contributed by atoms with Gasteiger partial charge in [-0.15, -0.1) is 0 Å². The van der Waals surface area contributed by atoms with Crippen molar-refractivity contribution in [2.75, 3.05) is 18.0 Å². The van der Waals surface area contributed by atoms with Gasteiger partial charge in [-0.05, 0) is 26.0 Å². The molecule has 1 heterocycles. The molecule has 1 aliphatic heterocycles. The largest absolute Gasteiger partial charge is 0.508 e. The van der Waals surface area contributed by atoms with Crippen LogP contribution >= 0.6 is 0 Å². The van der Waals surface area contributed by atoms with Crippen molar-refractivity contribution in [3.05, 3.63) is 24.3 Å². The Labute approximate surface area is 90.7 Å². The van der Waals surface area contributed by atoms with Crippen LogP contribution in [0.1, 0.15) is 13.8 Å². The fourth-order valence-electron chi connectivity index (χ4n) is 2.05. The van der Waals surface area contributed by atoms with E-state index in [0.29, 0.717) is 17.8 Å². The molecule has 82 valence electrons. The van der Waals surface area contributed by atoms with Crippen LogP contribution in [0.2, 0.25) is 0 Å². The summed E-state index contributed by atoms with van der Waals surface area (Å²) in [7, 11) is 0. The maximum Gasteiger partial charge on any atom is 0.117 e. The number of piperazine rings is 1. The monoisotopic (exact) mass is 206 g/mol. The SMILES string of the molecule is C[C@@H]1CN[C@@H](C)CN1c1cccc(O)c1. The number of anilines is 1. The lowest BCUT2D eigenvalue weighted by molar-refractivity contribution is 0.424. The summed E-state index contributed by atoms with van der Waals surface area (Å²) in [5.74, 6) is 0.339. The molecule has 0 spiro atoms. The maximum absolute atomic E-state index is 9.45. The molecule has 2 rings (SSSR count). The van der Waals surface area contributed by atoms with Gasteiger partial charge in [-0.3, -0.25) is 0 Å². The van der Waals surface area contributed by atoms with E-state index in [4.69, 9.17) is 0 Å². The van der Waals surface area contributed by atoms with E-state index < -0.39 is 0 Å². The summed E-state index contributed by atoms with van der Waals surface area (Å²) >= 11 is 0. The highest BCUT2D eigenvalue weighted by Gasteiger charge is 2.22. The fraction of sp³-hybridized carbons (Fsp3) is 0.500. The Morgan fingerprint density at radius 1 is 1.40 bits per heavy atom. The minimum Gasteiger partial charge on any atom is -0.508 e. The number of aromatic hydroxyl groups is 1. The quantitative estimate of drug-likeness (QED) is 0.732. The van der Waals surface area contributed by atoms with Gasteiger partial charge in [0.2, 0.25) is 0 Å². The van der Waals surface area contributed by atoms with Gasteiger partial charge in [0.15, 0.2) is 0 Å². The highest BCUT2D eigenvalue weighted by molar-refractivity contribution is 5.51. The van der Waals surface area contributed by atoms with Crippen LogP contribution in [0.15, 0.2) is 24.3 Å². The van der Waals surface area contributed by atoms with Gasteiger partial charge in [0, 0.05) is 36.9 Å². The van der Waals surface area contributed by atoms with E-state index in [0.717, 1.165) is 18.8 Å². The topological polar surface area (TPSA) is 35.5 Å². The molecule has 1 aromatic carbocycles. The average Bonchev–Trinajstić information content (AvgIpc) is 2.22. The molecule has 15 heavy (non-hydrogen) atoms. The molecule has 1 saturated heterocycles. The van der Waals surface area contributed by atoms with E-state index in [1.165, 1.54) is 0 Å². The van der Waals surface area contributed by atoms with Crippen LogP contribution in [0.5, 0.6) is 5.75 Å². The van der Waals surface area contributed by atoms with Crippen LogP contribution in [-0.4, -0.2) is 30.3 Å². The summed E-state index contributed by atoms with van der Waals surface area (Å²) in [6.07, 6.45) is 0. The van der Waals surface area contributed by atoms with Crippen LogP contribution in [-0.2, 0) is 0 Å². The Balaban J connectivity index is 2.21. The zero-order valence-corrected chi connectivity index (χ0v) is 9.27. The van der Waals surface area contributed by atoms with Crippen LogP contribution in [0, 0.1) is 0 Å². The first kappa shape index (κ1) is 10.3. The summed E-state index contributed by atoms with van der Waals surface area (Å²) in [4.78, 5) is 2.33. The van der Waals surface area contributed by atoms with Gasteiger partial charge in [-0.1, -0.05) is 6.07 Å². The van der Waals surface area contributed by atoms with E-state index in [1.54, 1.807) is 6.07 Å². The van der Waals surface area contributed by atoms with Crippen molar-refractivity contribution in [1.82, 2.24) is 5.32 Å². The van der Waals surface area contributed by atoms with Crippen molar-refractivity contribution in [3.63, 3.8) is 0 Å². The summed E-state index contributed by atoms with van der Waals surface area (Å²) < 4.78 is 0. The number of nitrogens with zero attached hydrogens (tertiary/aromatic N) is 1. The zero-order chi connectivity index (χ0) is 10.8. The molecule has 1 fully saturated rings. The number of nitrogens with one attached hydrogen (secondary N) is 1. The third-order valence-electron chi connectivity index (χ3n) is 2.93. The lowest BCUT2D eigenvalue weighted by Crippen LogP contribution is -2.54. The molecule has 0 amide bonds. The van der Waals surface area contributed by atoms with Crippen LogP contribution in [0.3, 0.4) is 0 Å². The molecule has 1 aromatic rings. The molecule has 0 bridgehead atoms. The molecule has 3 heteroatoms. The number of phenols is 1. The molecule has 1 aliphatic rings. The Morgan fingerprint density at radius 3 is 2.93 bits per heavy atom. The smallest absolute Gasteiger partial charge is 0.117 e. The van der Waals surface area contributed by atoms with Gasteiger partial charge in [0.1, 0.15) is 5.75 Å². The van der Waals surface area contributed by atoms with Gasteiger partial charge in [0.25, 0.3) is 0 Å². The van der Waals surface area contributed by atoms with Crippen LogP contribution in [0.4, 0.5) is 5.69 Å². The number of hydrogen-bond donors (Lipinski definition) is 2. The van der Waals surface area contributed by atoms with Crippen molar-refractivity contribution in [3.8, 4) is 5.75 Å². The molecule has 0 aliphatic carbocycles. The predicted octanol–water partition coefficient (Wildman–Crippen LogP) is 1.58. The zero-order valence-electron chi connectivity index (χ0n) is 9.27. The number of hydrogen-bond acceptors (Lipinski definition) is 3. The van der Waals surface area contributed by atoms with Crippen LogP contribution in [0.25, 0.3) is 0 Å². The second kappa shape index (κ2) is 4.11. The normalized spacial score (nSPS) is 26.7. The molecule has 0 aromatic heterocycles. The van der Waals surface area contributed by atoms with E-state index >= 15 is 0 Å². The van der Waals surface area contributed by atoms with Gasteiger partial charge in [-0.25, -0.2) is 0 Å². The third-order valence-corrected chi connectivity index (χ3v) is 2.93. The number of rotatable bonds is 1. The molecule has 0 saturated carbocycles. The minimum absolute atomic E-state index is 0.339. The second-order valence-corrected chi connectivity index (χ2v) is 4.33. The lowest BCUT2D eigenvalue weighted by Gasteiger charge is -2.39. The Bertz CT molecular complexity index is 340. The first-order valence-electron chi connectivity index (χ1n) is 5.46. The highest BCUT2D eigenvalue weighted by atomic mass is 16.3. The maximum atomic E-state index is 9.45. The van der Waals surface area contributed by atoms with Gasteiger partial charge in [-0.2, -0.15) is 0 Å². The highest BCUT2D eigenvalue weighted by Crippen LogP contribution is 2.23. The molecule has 0 radical (unpaired) electrons. The van der Waals surface area contributed by atoms with E-state index in [-0.39, 0.29) is 0 Å². The predicted molar refractivity (Wildman–Crippen MR) is 62.4 cm³/mol. The standard InChI is InChI=1S/C12H18N2O/c1-9-8-14(10(2)7-13-9)11-4-3-5-12(15)6-11/h3-6,9-10,13,15H,7-8H2,1-2H3/t9-,10+/m0/s1. The van der Waals surface area contributed by atoms with Crippen molar-refractivity contribution in [2.45, 2.75) is 25.9 Å². The van der Waals surface area contributed by atoms with Crippen molar-refractivity contribution >= 4 is 5.69 Å². The molecule has 0 unspecified atom stereocenters. The Kier molecular flexibility index (Phi) is 2.82. The van der Waals surface area contributed by atoms with Gasteiger partial charge in [0.05, 0.1) is 0 Å². The average molecular weight is 206 g/mol. The first-order valence-corrected chi connectivity index (χ1v) is 5.46. The van der Waals surface area contributed by atoms with Crippen molar-refractivity contribution < 1.29 is 5.11 Å². The molecule has 2 atom stereocenters. The first-order chi connectivity index (χ1) is 7.16. The Hall–Kier alpha value is -1.22. The fourth-order valence-corrected chi connectivity index (χ4v) is 2.05. The van der Waals surface area contributed by atoms with Crippen LogP contribution < -0.4 is 10.2 Å². The summed E-state index contributed by atoms with van der Waals surface area (Å²) in [5.41, 5.74) is 1.11. The molecular formula is C12H18N2O. The summed E-state index contributed by atoms with van der Waals surface area (Å²) in [6.45, 7) is 6.37.